The van der Waals surface area contributed by atoms with E-state index in [2.05, 4.69) is 25.9 Å². The molecule has 102 valence electrons. The van der Waals surface area contributed by atoms with E-state index >= 15 is 0 Å². The number of H-pyrrole nitrogens is 1. The van der Waals surface area contributed by atoms with Gasteiger partial charge in [0.05, 0.1) is 0 Å². The molecule has 2 aliphatic rings. The Labute approximate surface area is 112 Å². The summed E-state index contributed by atoms with van der Waals surface area (Å²) in [7, 11) is 0. The number of tetrazole rings is 1. The fourth-order valence-corrected chi connectivity index (χ4v) is 2.93. The van der Waals surface area contributed by atoms with Crippen molar-refractivity contribution < 1.29 is 4.79 Å². The molecule has 2 atom stereocenters. The van der Waals surface area contributed by atoms with Crippen LogP contribution in [0.3, 0.4) is 0 Å². The van der Waals surface area contributed by atoms with Crippen molar-refractivity contribution in [3.8, 4) is 0 Å². The van der Waals surface area contributed by atoms with Gasteiger partial charge >= 0.3 is 0 Å². The summed E-state index contributed by atoms with van der Waals surface area (Å²) in [6, 6.07) is 0.140. The molecule has 2 unspecified atom stereocenters. The average molecular weight is 261 g/mol. The van der Waals surface area contributed by atoms with E-state index < -0.39 is 0 Å². The van der Waals surface area contributed by atoms with Crippen molar-refractivity contribution in [3.63, 3.8) is 0 Å². The lowest BCUT2D eigenvalue weighted by Crippen LogP contribution is -2.37. The molecule has 0 radical (unpaired) electrons. The first kappa shape index (κ1) is 12.3. The Morgan fingerprint density at radius 3 is 2.79 bits per heavy atom. The van der Waals surface area contributed by atoms with Gasteiger partial charge in [0.1, 0.15) is 0 Å². The molecule has 2 saturated carbocycles. The van der Waals surface area contributed by atoms with Gasteiger partial charge in [-0.1, -0.05) is 17.2 Å². The van der Waals surface area contributed by atoms with E-state index in [-0.39, 0.29) is 17.9 Å². The summed E-state index contributed by atoms with van der Waals surface area (Å²) in [6.45, 7) is 1.93. The molecule has 19 heavy (non-hydrogen) atoms. The van der Waals surface area contributed by atoms with Crippen LogP contribution in [0.1, 0.15) is 57.2 Å². The van der Waals surface area contributed by atoms with Crippen LogP contribution in [-0.2, 0) is 4.79 Å². The maximum atomic E-state index is 12.2. The van der Waals surface area contributed by atoms with Crippen LogP contribution >= 0.6 is 0 Å². The molecular formula is C13H19N5O. The lowest BCUT2D eigenvalue weighted by atomic mass is 9.88. The molecule has 1 heterocycles. The number of carbonyl (C=O) groups is 1. The highest BCUT2D eigenvalue weighted by molar-refractivity contribution is 5.94. The molecule has 2 N–H and O–H groups in total. The third kappa shape index (κ3) is 2.39. The largest absolute Gasteiger partial charge is 0.349 e. The van der Waals surface area contributed by atoms with Crippen LogP contribution in [0.2, 0.25) is 0 Å². The zero-order valence-electron chi connectivity index (χ0n) is 11.1. The first-order valence-electron chi connectivity index (χ1n) is 6.98. The molecular weight excluding hydrogens is 242 g/mol. The Morgan fingerprint density at radius 1 is 1.32 bits per heavy atom. The maximum Gasteiger partial charge on any atom is 0.247 e. The minimum Gasteiger partial charge on any atom is -0.349 e. The van der Waals surface area contributed by atoms with E-state index in [9.17, 15) is 4.79 Å². The third-order valence-corrected chi connectivity index (χ3v) is 4.35. The molecule has 3 rings (SSSR count). The number of carbonyl (C=O) groups excluding carboxylic acids is 1. The van der Waals surface area contributed by atoms with E-state index in [0.717, 1.165) is 43.5 Å². The lowest BCUT2D eigenvalue weighted by molar-refractivity contribution is -0.118. The molecule has 1 amide bonds. The van der Waals surface area contributed by atoms with E-state index in [0.29, 0.717) is 0 Å². The van der Waals surface area contributed by atoms with Crippen molar-refractivity contribution >= 4 is 5.91 Å². The monoisotopic (exact) mass is 261 g/mol. The van der Waals surface area contributed by atoms with E-state index in [1.165, 1.54) is 12.0 Å². The number of aromatic amines is 1. The number of nitrogens with one attached hydrogen (secondary N) is 2. The number of hydrogen-bond donors (Lipinski definition) is 2. The van der Waals surface area contributed by atoms with E-state index in [1.54, 1.807) is 0 Å². The van der Waals surface area contributed by atoms with Gasteiger partial charge in [-0.2, -0.15) is 5.21 Å². The number of hydrogen-bond acceptors (Lipinski definition) is 4. The number of aromatic nitrogens is 4. The van der Waals surface area contributed by atoms with Crippen LogP contribution in [-0.4, -0.2) is 32.6 Å². The molecule has 0 spiro atoms. The number of rotatable bonds is 3. The number of amides is 1. The number of allylic oxidation sites excluding steroid dienone is 1. The zero-order chi connectivity index (χ0) is 13.2. The van der Waals surface area contributed by atoms with Crippen molar-refractivity contribution in [2.75, 3.05) is 0 Å². The first-order chi connectivity index (χ1) is 9.25. The molecule has 0 aliphatic heterocycles. The molecule has 1 aromatic heterocycles. The van der Waals surface area contributed by atoms with Gasteiger partial charge in [0.15, 0.2) is 5.82 Å². The van der Waals surface area contributed by atoms with Crippen LogP contribution < -0.4 is 5.32 Å². The van der Waals surface area contributed by atoms with Crippen molar-refractivity contribution in [3.05, 3.63) is 17.0 Å². The summed E-state index contributed by atoms with van der Waals surface area (Å²) in [5.74, 6) is 0.994. The topological polar surface area (TPSA) is 83.6 Å². The van der Waals surface area contributed by atoms with E-state index in [4.69, 9.17) is 0 Å². The molecule has 6 nitrogen and oxygen atoms in total. The summed E-state index contributed by atoms with van der Waals surface area (Å²) >= 11 is 0. The summed E-state index contributed by atoms with van der Waals surface area (Å²) in [6.07, 6.45) is 6.48. The summed E-state index contributed by atoms with van der Waals surface area (Å²) in [4.78, 5) is 12.2. The van der Waals surface area contributed by atoms with Gasteiger partial charge in [0, 0.05) is 17.5 Å². The Bertz CT molecular complexity index is 487. The first-order valence-corrected chi connectivity index (χ1v) is 6.98. The lowest BCUT2D eigenvalue weighted by Gasteiger charge is -2.22. The predicted molar refractivity (Wildman–Crippen MR) is 69.3 cm³/mol. The second-order valence-corrected chi connectivity index (χ2v) is 5.47. The quantitative estimate of drug-likeness (QED) is 0.807. The normalized spacial score (nSPS) is 26.1. The van der Waals surface area contributed by atoms with Gasteiger partial charge in [0.25, 0.3) is 0 Å². The summed E-state index contributed by atoms with van der Waals surface area (Å²) in [5.41, 5.74) is 2.22. The highest BCUT2D eigenvalue weighted by Gasteiger charge is 2.33. The van der Waals surface area contributed by atoms with Gasteiger partial charge in [-0.3, -0.25) is 4.79 Å². The SMILES string of the molecule is CC(C(=O)NC1CCCC1c1nn[nH]n1)=C1CCC1. The van der Waals surface area contributed by atoms with Crippen LogP contribution in [0.25, 0.3) is 0 Å². The zero-order valence-corrected chi connectivity index (χ0v) is 11.1. The van der Waals surface area contributed by atoms with Crippen molar-refractivity contribution in [2.24, 2.45) is 0 Å². The highest BCUT2D eigenvalue weighted by Crippen LogP contribution is 2.33. The molecule has 2 fully saturated rings. The fraction of sp³-hybridized carbons (Fsp3) is 0.692. The van der Waals surface area contributed by atoms with Gasteiger partial charge < -0.3 is 5.32 Å². The predicted octanol–water partition coefficient (Wildman–Crippen LogP) is 1.45. The molecule has 0 aromatic carbocycles. The minimum atomic E-state index is 0.0788. The molecule has 2 aliphatic carbocycles. The highest BCUT2D eigenvalue weighted by atomic mass is 16.1. The molecule has 1 aromatic rings. The van der Waals surface area contributed by atoms with Crippen LogP contribution in [0, 0.1) is 0 Å². The van der Waals surface area contributed by atoms with Gasteiger partial charge in [-0.15, -0.1) is 10.2 Å². The Balaban J connectivity index is 1.67. The van der Waals surface area contributed by atoms with Crippen molar-refractivity contribution in [1.29, 1.82) is 0 Å². The van der Waals surface area contributed by atoms with Crippen LogP contribution in [0.15, 0.2) is 11.1 Å². The standard InChI is InChI=1S/C13H19N5O/c1-8(9-4-2-5-9)13(19)14-11-7-3-6-10(11)12-15-17-18-16-12/h10-11H,2-7H2,1H3,(H,14,19)(H,15,16,17,18). The Hall–Kier alpha value is -1.72. The van der Waals surface area contributed by atoms with Crippen molar-refractivity contribution in [2.45, 2.75) is 57.4 Å². The van der Waals surface area contributed by atoms with Gasteiger partial charge in [-0.25, -0.2) is 0 Å². The summed E-state index contributed by atoms with van der Waals surface area (Å²) < 4.78 is 0. The molecule has 6 heteroatoms. The van der Waals surface area contributed by atoms with Gasteiger partial charge in [0.2, 0.25) is 5.91 Å². The second kappa shape index (κ2) is 5.11. The molecule has 0 saturated heterocycles. The minimum absolute atomic E-state index is 0.0788. The van der Waals surface area contributed by atoms with Crippen molar-refractivity contribution in [1.82, 2.24) is 25.9 Å². The second-order valence-electron chi connectivity index (χ2n) is 5.47. The van der Waals surface area contributed by atoms with E-state index in [1.807, 2.05) is 6.92 Å². The third-order valence-electron chi connectivity index (χ3n) is 4.35. The maximum absolute atomic E-state index is 12.2. The summed E-state index contributed by atoms with van der Waals surface area (Å²) in [5, 5.41) is 17.3. The van der Waals surface area contributed by atoms with Crippen LogP contribution in [0.4, 0.5) is 0 Å². The van der Waals surface area contributed by atoms with Gasteiger partial charge in [-0.05, 0) is 39.0 Å². The average Bonchev–Trinajstić information content (AvgIpc) is 2.95. The Morgan fingerprint density at radius 2 is 2.16 bits per heavy atom. The van der Waals surface area contributed by atoms with Crippen LogP contribution in [0.5, 0.6) is 0 Å². The Kier molecular flexibility index (Phi) is 3.31. The smallest absolute Gasteiger partial charge is 0.247 e. The number of nitrogens with zero attached hydrogens (tertiary/aromatic N) is 3. The molecule has 0 bridgehead atoms. The fourth-order valence-electron chi connectivity index (χ4n) is 2.93.